The summed E-state index contributed by atoms with van der Waals surface area (Å²) in [7, 11) is 0. The number of imidazole rings is 1. The van der Waals surface area contributed by atoms with Gasteiger partial charge in [-0.15, -0.1) is 0 Å². The van der Waals surface area contributed by atoms with Crippen LogP contribution in [0.4, 0.5) is 0 Å². The van der Waals surface area contributed by atoms with E-state index < -0.39 is 163 Å². The van der Waals surface area contributed by atoms with Crippen LogP contribution in [0.25, 0.3) is 0 Å². The van der Waals surface area contributed by atoms with Gasteiger partial charge in [-0.1, -0.05) is 56.3 Å². The number of phenols is 1. The van der Waals surface area contributed by atoms with Crippen LogP contribution in [0.3, 0.4) is 0 Å². The Bertz CT molecular complexity index is 2740. The number of phenolic OH excluding ortho intramolecular Hbond substituents is 1. The molecule has 2 aromatic carbocycles. The van der Waals surface area contributed by atoms with E-state index in [2.05, 4.69) is 70.4 Å². The monoisotopic (exact) mass is 1210 g/mol. The van der Waals surface area contributed by atoms with Crippen LogP contribution in [0.1, 0.15) is 82.5 Å². The van der Waals surface area contributed by atoms with Crippen LogP contribution < -0.4 is 70.8 Å². The van der Waals surface area contributed by atoms with Crippen LogP contribution in [-0.4, -0.2) is 176 Å². The number of amides is 11. The number of aliphatic carboxylic acids is 1. The van der Waals surface area contributed by atoms with E-state index in [0.717, 1.165) is 0 Å². The van der Waals surface area contributed by atoms with Crippen LogP contribution in [0.5, 0.6) is 5.75 Å². The number of nitrogens with two attached hydrogens (primary N) is 4. The number of carbonyl (C=O) groups excluding carboxylic acids is 11. The lowest BCUT2D eigenvalue weighted by Gasteiger charge is -2.28. The Hall–Kier alpha value is -8.68. The third-order valence-electron chi connectivity index (χ3n) is 13.1. The maximum Gasteiger partial charge on any atom is 0.326 e. The van der Waals surface area contributed by atoms with Gasteiger partial charge in [0.05, 0.1) is 24.7 Å². The van der Waals surface area contributed by atoms with E-state index in [0.29, 0.717) is 17.5 Å². The number of H-pyrrole nitrogens is 1. The predicted octanol–water partition coefficient (Wildman–Crippen LogP) is -4.82. The highest BCUT2D eigenvalue weighted by Gasteiger charge is 2.36. The van der Waals surface area contributed by atoms with Gasteiger partial charge in [0.1, 0.15) is 60.1 Å². The topological polar surface area (TPSA) is 507 Å². The van der Waals surface area contributed by atoms with Gasteiger partial charge in [-0.05, 0) is 74.8 Å². The van der Waals surface area contributed by atoms with Gasteiger partial charge < -0.3 is 91.1 Å². The molecule has 3 rings (SSSR count). The molecule has 10 atom stereocenters. The molecule has 0 fully saturated rings. The van der Waals surface area contributed by atoms with Gasteiger partial charge in [-0.2, -0.15) is 12.6 Å². The Morgan fingerprint density at radius 2 is 1.01 bits per heavy atom. The molecule has 31 heteroatoms. The highest BCUT2D eigenvalue weighted by molar-refractivity contribution is 7.80. The zero-order valence-corrected chi connectivity index (χ0v) is 48.2. The van der Waals surface area contributed by atoms with Crippen molar-refractivity contribution in [1.29, 1.82) is 0 Å². The molecule has 30 nitrogen and oxygen atoms in total. The van der Waals surface area contributed by atoms with E-state index in [-0.39, 0.29) is 62.3 Å². The number of hydrogen-bond donors (Lipinski definition) is 18. The lowest BCUT2D eigenvalue weighted by Crippen LogP contribution is -2.61. The summed E-state index contributed by atoms with van der Waals surface area (Å²) in [4.78, 5) is 167. The van der Waals surface area contributed by atoms with E-state index in [1.807, 2.05) is 0 Å². The minimum atomic E-state index is -1.59. The zero-order chi connectivity index (χ0) is 63.3. The third kappa shape index (κ3) is 25.0. The van der Waals surface area contributed by atoms with E-state index in [9.17, 15) is 72.9 Å². The largest absolute Gasteiger partial charge is 0.508 e. The molecule has 0 unspecified atom stereocenters. The average Bonchev–Trinajstić information content (AvgIpc) is 4.17. The molecule has 21 N–H and O–H groups in total. The maximum atomic E-state index is 14.2. The molecule has 0 aliphatic carbocycles. The molecule has 0 radical (unpaired) electrons. The molecule has 3 aromatic rings. The normalized spacial score (nSPS) is 14.6. The van der Waals surface area contributed by atoms with Crippen molar-refractivity contribution in [2.75, 3.05) is 18.9 Å². The molecule has 0 saturated heterocycles. The molecule has 85 heavy (non-hydrogen) atoms. The van der Waals surface area contributed by atoms with E-state index in [1.165, 1.54) is 43.7 Å². The SMILES string of the molecule is CC(C)[C@H](NC(=O)[C@H](C)NC(=O)[C@H](Cc1c[nH]cn1)NC(=O)[C@H](CCC(N)=O)NC(=O)[C@H](CCCCN)NC(=O)[C@H](CO)NC(=O)[C@@H](N)CS)C(=O)N[C@@H](Cc1ccccc1)C(=O)N[C@@H](CCC(N)=O)C(=O)N[C@@H](Cc1ccc(O)cc1)C(=O)O. The molecular weight excluding hydrogens is 1130 g/mol. The van der Waals surface area contributed by atoms with Crippen LogP contribution in [0.2, 0.25) is 0 Å². The number of unbranched alkanes of at least 4 members (excludes halogenated alkanes) is 1. The number of primary amides is 2. The number of aliphatic hydroxyl groups excluding tert-OH is 1. The summed E-state index contributed by atoms with van der Waals surface area (Å²) in [5, 5.41) is 51.9. The second kappa shape index (κ2) is 36.1. The van der Waals surface area contributed by atoms with Gasteiger partial charge in [0.25, 0.3) is 0 Å². The first kappa shape index (κ1) is 70.6. The first-order valence-corrected chi connectivity index (χ1v) is 27.9. The number of carboxylic acids is 1. The Kier molecular flexibility index (Phi) is 30.0. The highest BCUT2D eigenvalue weighted by Crippen LogP contribution is 2.14. The predicted molar refractivity (Wildman–Crippen MR) is 308 cm³/mol. The number of aromatic nitrogens is 2. The molecule has 0 bridgehead atoms. The van der Waals surface area contributed by atoms with Crippen LogP contribution in [0.15, 0.2) is 67.1 Å². The summed E-state index contributed by atoms with van der Waals surface area (Å²) >= 11 is 3.96. The van der Waals surface area contributed by atoms with Crippen molar-refractivity contribution < 1.29 is 72.9 Å². The summed E-state index contributed by atoms with van der Waals surface area (Å²) in [6.45, 7) is 3.75. The summed E-state index contributed by atoms with van der Waals surface area (Å²) in [5.74, 6) is -12.4. The first-order chi connectivity index (χ1) is 40.3. The van der Waals surface area contributed by atoms with Crippen molar-refractivity contribution in [2.45, 2.75) is 145 Å². The van der Waals surface area contributed by atoms with Crippen molar-refractivity contribution in [3.05, 3.63) is 83.9 Å². The molecule has 1 aromatic heterocycles. The van der Waals surface area contributed by atoms with Crippen LogP contribution >= 0.6 is 12.6 Å². The number of carboxylic acid groups (broad SMARTS) is 1. The molecular formula is C54H79N15O15S. The van der Waals surface area contributed by atoms with Crippen molar-refractivity contribution >= 4 is 83.6 Å². The van der Waals surface area contributed by atoms with Crippen molar-refractivity contribution in [2.24, 2.45) is 28.9 Å². The van der Waals surface area contributed by atoms with Gasteiger partial charge >= 0.3 is 5.97 Å². The number of nitrogens with zero attached hydrogens (tertiary/aromatic N) is 1. The number of aromatic amines is 1. The van der Waals surface area contributed by atoms with E-state index >= 15 is 0 Å². The Labute approximate surface area is 495 Å². The molecule has 1 heterocycles. The Morgan fingerprint density at radius 1 is 0.553 bits per heavy atom. The summed E-state index contributed by atoms with van der Waals surface area (Å²) in [6.07, 6.45) is 1.00. The van der Waals surface area contributed by atoms with Gasteiger partial charge in [0.2, 0.25) is 65.0 Å². The maximum absolute atomic E-state index is 14.2. The fourth-order valence-corrected chi connectivity index (χ4v) is 8.36. The number of hydrogen-bond acceptors (Lipinski definition) is 18. The van der Waals surface area contributed by atoms with Gasteiger partial charge in [0, 0.05) is 44.1 Å². The number of aromatic hydroxyl groups is 1. The number of carbonyl (C=O) groups is 12. The number of thiol groups is 1. The molecule has 0 aliphatic rings. The minimum Gasteiger partial charge on any atom is -0.508 e. The Morgan fingerprint density at radius 3 is 1.51 bits per heavy atom. The Balaban J connectivity index is 1.86. The van der Waals surface area contributed by atoms with Crippen molar-refractivity contribution in [3.63, 3.8) is 0 Å². The van der Waals surface area contributed by atoms with Crippen LogP contribution in [-0.2, 0) is 76.8 Å². The molecule has 0 saturated carbocycles. The molecule has 0 spiro atoms. The summed E-state index contributed by atoms with van der Waals surface area (Å²) in [6, 6.07) is -0.667. The fraction of sp³-hybridized carbons (Fsp3) is 0.500. The minimum absolute atomic E-state index is 0.0441. The molecule has 11 amide bonds. The van der Waals surface area contributed by atoms with Gasteiger partial charge in [-0.25, -0.2) is 9.78 Å². The van der Waals surface area contributed by atoms with Crippen molar-refractivity contribution in [1.82, 2.24) is 57.8 Å². The van der Waals surface area contributed by atoms with Gasteiger partial charge in [0.15, 0.2) is 0 Å². The van der Waals surface area contributed by atoms with Gasteiger partial charge in [-0.3, -0.25) is 52.7 Å². The van der Waals surface area contributed by atoms with E-state index in [1.54, 1.807) is 44.2 Å². The highest BCUT2D eigenvalue weighted by atomic mass is 32.1. The number of benzene rings is 2. The number of aliphatic hydroxyl groups is 1. The quantitative estimate of drug-likeness (QED) is 0.0189. The first-order valence-electron chi connectivity index (χ1n) is 27.3. The summed E-state index contributed by atoms with van der Waals surface area (Å²) in [5.41, 5.74) is 23.4. The second-order valence-corrected chi connectivity index (χ2v) is 20.7. The lowest BCUT2D eigenvalue weighted by atomic mass is 10.00. The second-order valence-electron chi connectivity index (χ2n) is 20.3. The van der Waals surface area contributed by atoms with Crippen molar-refractivity contribution in [3.8, 4) is 5.75 Å². The standard InChI is InChI=1S/C54H79N15O15S/c1-28(2)44(53(82)66-38(21-30-9-5-4-6-10-30)51(80)64-37(17-19-43(58)73)49(78)67-40(54(83)84)22-31-12-14-33(71)15-13-31)69-45(74)29(3)61-50(79)39(23-32-24-59-27-60-32)65-48(77)36(16-18-42(57)72)63-47(76)35(11-7-8-20-55)62-52(81)41(25-70)68-46(75)34(56)26-85/h4-6,9-10,12-15,24,27-29,34-41,44,70-71,85H,7-8,11,16-23,25-26,55-56H2,1-3H3,(H2,57,72)(H2,58,73)(H,59,60)(H,61,79)(H,62,81)(H,63,76)(H,64,80)(H,65,77)(H,66,82)(H,67,78)(H,68,75)(H,69,74)(H,83,84)/t29-,34-,35-,36-,37-,38-,39-,40-,41-,44-/m0/s1. The number of nitrogens with one attached hydrogen (secondary N) is 10. The molecule has 0 aliphatic heterocycles. The lowest BCUT2D eigenvalue weighted by molar-refractivity contribution is -0.142. The average molecular weight is 1210 g/mol. The molecule has 466 valence electrons. The van der Waals surface area contributed by atoms with Crippen LogP contribution in [0, 0.1) is 5.92 Å². The third-order valence-corrected chi connectivity index (χ3v) is 13.5. The zero-order valence-electron chi connectivity index (χ0n) is 47.3. The number of rotatable bonds is 38. The smallest absolute Gasteiger partial charge is 0.326 e. The fourth-order valence-electron chi connectivity index (χ4n) is 8.19. The van der Waals surface area contributed by atoms with E-state index in [4.69, 9.17) is 22.9 Å². The summed E-state index contributed by atoms with van der Waals surface area (Å²) < 4.78 is 0.